The third-order valence-corrected chi connectivity index (χ3v) is 6.26. The summed E-state index contributed by atoms with van der Waals surface area (Å²) in [5.74, 6) is 0.0338. The van der Waals surface area contributed by atoms with Gasteiger partial charge in [-0.3, -0.25) is 9.59 Å². The second-order valence-corrected chi connectivity index (χ2v) is 8.38. The van der Waals surface area contributed by atoms with Gasteiger partial charge in [0, 0.05) is 38.8 Å². The molecule has 1 saturated carbocycles. The number of hydrogen-bond donors (Lipinski definition) is 1. The molecule has 5 rings (SSSR count). The highest BCUT2D eigenvalue weighted by Gasteiger charge is 2.48. The van der Waals surface area contributed by atoms with Crippen LogP contribution in [0.5, 0.6) is 0 Å². The molecule has 162 valence electrons. The lowest BCUT2D eigenvalue weighted by Crippen LogP contribution is -2.55. The Kier molecular flexibility index (Phi) is 5.31. The van der Waals surface area contributed by atoms with Gasteiger partial charge in [-0.2, -0.15) is 0 Å². The van der Waals surface area contributed by atoms with Gasteiger partial charge in [-0.25, -0.2) is 4.98 Å². The van der Waals surface area contributed by atoms with Crippen molar-refractivity contribution in [1.82, 2.24) is 19.4 Å². The van der Waals surface area contributed by atoms with Crippen molar-refractivity contribution in [2.45, 2.75) is 25.8 Å². The van der Waals surface area contributed by atoms with Crippen LogP contribution in [0.25, 0.3) is 22.2 Å². The fraction of sp³-hybridized carbons (Fsp3) is 0.375. The Morgan fingerprint density at radius 3 is 2.19 bits per heavy atom. The molecule has 31 heavy (non-hydrogen) atoms. The molecule has 0 spiro atoms. The zero-order chi connectivity index (χ0) is 20.9. The highest BCUT2D eigenvalue weighted by Crippen LogP contribution is 2.34. The van der Waals surface area contributed by atoms with E-state index in [9.17, 15) is 9.59 Å². The highest BCUT2D eigenvalue weighted by atomic mass is 16.2. The summed E-state index contributed by atoms with van der Waals surface area (Å²) >= 11 is 0. The number of aryl methyl sites for hydroxylation is 1. The van der Waals surface area contributed by atoms with E-state index in [1.807, 2.05) is 47.1 Å². The van der Waals surface area contributed by atoms with Crippen molar-refractivity contribution in [3.63, 3.8) is 0 Å². The molecule has 2 N–H and O–H groups in total. The van der Waals surface area contributed by atoms with Crippen molar-refractivity contribution in [3.8, 4) is 11.1 Å². The number of imidazole rings is 1. The molecule has 3 aromatic rings. The first-order valence-electron chi connectivity index (χ1n) is 10.3. The van der Waals surface area contributed by atoms with Crippen LogP contribution in [0.15, 0.2) is 48.8 Å². The Morgan fingerprint density at radius 2 is 1.55 bits per heavy atom. The van der Waals surface area contributed by atoms with E-state index >= 15 is 0 Å². The first kappa shape index (κ1) is 21.1. The van der Waals surface area contributed by atoms with E-state index in [0.717, 1.165) is 35.0 Å². The van der Waals surface area contributed by atoms with Crippen LogP contribution in [-0.4, -0.2) is 62.9 Å². The van der Waals surface area contributed by atoms with E-state index in [1.165, 1.54) is 0 Å². The highest BCUT2D eigenvalue weighted by molar-refractivity contribution is 5.95. The Morgan fingerprint density at radius 1 is 0.935 bits per heavy atom. The lowest BCUT2D eigenvalue weighted by molar-refractivity contribution is -0.135. The van der Waals surface area contributed by atoms with E-state index in [-0.39, 0.29) is 19.2 Å². The van der Waals surface area contributed by atoms with E-state index in [0.29, 0.717) is 31.7 Å². The van der Waals surface area contributed by atoms with Gasteiger partial charge in [0.2, 0.25) is 5.91 Å². The topological polar surface area (TPSA) is 84.5 Å². The van der Waals surface area contributed by atoms with Crippen molar-refractivity contribution in [1.29, 1.82) is 0 Å². The smallest absolute Gasteiger partial charge is 0.253 e. The van der Waals surface area contributed by atoms with Crippen LogP contribution in [0, 0.1) is 0 Å². The molecule has 7 nitrogen and oxygen atoms in total. The fourth-order valence-corrected chi connectivity index (χ4v) is 4.08. The first-order valence-corrected chi connectivity index (χ1v) is 10.3. The summed E-state index contributed by atoms with van der Waals surface area (Å²) < 4.78 is 1.99. The molecule has 1 saturated heterocycles. The molecule has 0 unspecified atom stereocenters. The summed E-state index contributed by atoms with van der Waals surface area (Å²) in [6, 6.07) is 13.9. The average Bonchev–Trinajstić information content (AvgIpc) is 3.44. The van der Waals surface area contributed by atoms with Crippen LogP contribution < -0.4 is 5.73 Å². The maximum atomic E-state index is 12.9. The summed E-state index contributed by atoms with van der Waals surface area (Å²) in [5, 5.41) is 0. The van der Waals surface area contributed by atoms with Crippen molar-refractivity contribution in [3.05, 3.63) is 54.4 Å². The van der Waals surface area contributed by atoms with Gasteiger partial charge >= 0.3 is 0 Å². The van der Waals surface area contributed by atoms with Gasteiger partial charge in [0.25, 0.3) is 5.91 Å². The number of piperazine rings is 1. The van der Waals surface area contributed by atoms with Crippen molar-refractivity contribution in [2.75, 3.05) is 26.2 Å². The summed E-state index contributed by atoms with van der Waals surface area (Å²) in [7, 11) is 1.98. The average molecular weight is 420 g/mol. The number of rotatable bonds is 3. The number of nitrogens with zero attached hydrogens (tertiary/aromatic N) is 4. The molecular weight excluding hydrogens is 390 g/mol. The van der Waals surface area contributed by atoms with Gasteiger partial charge in [-0.05, 0) is 48.2 Å². The molecule has 2 aromatic carbocycles. The minimum absolute atomic E-state index is 0. The van der Waals surface area contributed by atoms with Gasteiger partial charge < -0.3 is 20.1 Å². The standard InChI is InChI=1S/C23H25N5O2.CH4/c1-26-15-25-19-14-18(6-7-20(19)26)16-2-4-17(5-3-16)21(29)27-10-12-28(13-11-27)22(30)23(24)8-9-23;/h2-7,14-15H,8-13,24H2,1H3;1H4. The quantitative estimate of drug-likeness (QED) is 0.707. The van der Waals surface area contributed by atoms with Crippen molar-refractivity contribution < 1.29 is 9.59 Å². The van der Waals surface area contributed by atoms with Gasteiger partial charge in [0.15, 0.2) is 0 Å². The number of nitrogens with two attached hydrogens (primary N) is 1. The second-order valence-electron chi connectivity index (χ2n) is 8.38. The second kappa shape index (κ2) is 7.81. The molecule has 2 heterocycles. The molecule has 1 aliphatic carbocycles. The molecular formula is C24H29N5O2. The molecule has 1 aliphatic heterocycles. The molecule has 0 bridgehead atoms. The number of aromatic nitrogens is 2. The zero-order valence-corrected chi connectivity index (χ0v) is 17.0. The van der Waals surface area contributed by atoms with Crippen LogP contribution in [0.3, 0.4) is 0 Å². The maximum Gasteiger partial charge on any atom is 0.253 e. The molecule has 1 aromatic heterocycles. The predicted molar refractivity (Wildman–Crippen MR) is 122 cm³/mol. The van der Waals surface area contributed by atoms with Gasteiger partial charge in [-0.15, -0.1) is 0 Å². The molecule has 2 aliphatic rings. The molecule has 7 heteroatoms. The first-order chi connectivity index (χ1) is 14.4. The fourth-order valence-electron chi connectivity index (χ4n) is 4.08. The maximum absolute atomic E-state index is 12.9. The van der Waals surface area contributed by atoms with Crippen LogP contribution in [0.2, 0.25) is 0 Å². The zero-order valence-electron chi connectivity index (χ0n) is 17.0. The number of hydrogen-bond acceptors (Lipinski definition) is 4. The Bertz CT molecular complexity index is 1120. The molecule has 0 atom stereocenters. The van der Waals surface area contributed by atoms with E-state index in [1.54, 1.807) is 4.90 Å². The number of amides is 2. The van der Waals surface area contributed by atoms with E-state index < -0.39 is 5.54 Å². The van der Waals surface area contributed by atoms with Crippen LogP contribution in [0.4, 0.5) is 0 Å². The minimum Gasteiger partial charge on any atom is -0.338 e. The molecule has 2 fully saturated rings. The molecule has 0 radical (unpaired) electrons. The van der Waals surface area contributed by atoms with Gasteiger partial charge in [0.1, 0.15) is 0 Å². The Labute approximate surface area is 182 Å². The molecule has 2 amide bonds. The van der Waals surface area contributed by atoms with Gasteiger partial charge in [0.05, 0.1) is 22.9 Å². The third-order valence-electron chi connectivity index (χ3n) is 6.26. The van der Waals surface area contributed by atoms with Crippen molar-refractivity contribution in [2.24, 2.45) is 12.8 Å². The Balaban J connectivity index is 0.00000231. The van der Waals surface area contributed by atoms with Crippen LogP contribution >= 0.6 is 0 Å². The van der Waals surface area contributed by atoms with E-state index in [4.69, 9.17) is 5.73 Å². The summed E-state index contributed by atoms with van der Waals surface area (Å²) in [6.07, 6.45) is 3.34. The van der Waals surface area contributed by atoms with E-state index in [2.05, 4.69) is 23.2 Å². The number of fused-ring (bicyclic) bond motifs is 1. The minimum atomic E-state index is -0.639. The SMILES string of the molecule is C.Cn1cnc2cc(-c3ccc(C(=O)N4CCN(C(=O)C5(N)CC5)CC4)cc3)ccc21. The Hall–Kier alpha value is -3.19. The summed E-state index contributed by atoms with van der Waals surface area (Å²) in [4.78, 5) is 33.3. The van der Waals surface area contributed by atoms with Crippen LogP contribution in [0.1, 0.15) is 30.6 Å². The lowest BCUT2D eigenvalue weighted by Gasteiger charge is -2.36. The lowest BCUT2D eigenvalue weighted by atomic mass is 10.0. The van der Waals surface area contributed by atoms with Crippen LogP contribution in [-0.2, 0) is 11.8 Å². The number of benzene rings is 2. The largest absolute Gasteiger partial charge is 0.338 e. The van der Waals surface area contributed by atoms with Crippen molar-refractivity contribution >= 4 is 22.8 Å². The third kappa shape index (κ3) is 3.81. The monoisotopic (exact) mass is 419 g/mol. The summed E-state index contributed by atoms with van der Waals surface area (Å²) in [5.41, 5.74) is 10.2. The number of carbonyl (C=O) groups excluding carboxylic acids is 2. The predicted octanol–water partition coefficient (Wildman–Crippen LogP) is 2.65. The summed E-state index contributed by atoms with van der Waals surface area (Å²) in [6.45, 7) is 2.18. The normalized spacial score (nSPS) is 17.4. The number of carbonyl (C=O) groups is 2. The van der Waals surface area contributed by atoms with Gasteiger partial charge in [-0.1, -0.05) is 25.6 Å².